The minimum atomic E-state index is -3.93. The number of nitrogens with zero attached hydrogens (tertiary/aromatic N) is 1. The zero-order valence-corrected chi connectivity index (χ0v) is 18.7. The molecule has 0 saturated carbocycles. The Bertz CT molecular complexity index is 1350. The van der Waals surface area contributed by atoms with Crippen molar-refractivity contribution >= 4 is 61.0 Å². The van der Waals surface area contributed by atoms with Crippen LogP contribution in [0, 0.1) is 5.82 Å². The number of rotatable bonds is 6. The van der Waals surface area contributed by atoms with Crippen LogP contribution in [-0.4, -0.2) is 19.3 Å². The number of hydrogen-bond donors (Lipinski definition) is 2. The molecule has 11 heteroatoms. The van der Waals surface area contributed by atoms with Crippen LogP contribution in [0.15, 0.2) is 70.9 Å². The van der Waals surface area contributed by atoms with Gasteiger partial charge in [0, 0.05) is 16.6 Å². The van der Waals surface area contributed by atoms with Gasteiger partial charge in [0.2, 0.25) is 0 Å². The third kappa shape index (κ3) is 5.10. The lowest BCUT2D eigenvalue weighted by Gasteiger charge is -2.09. The first-order valence-corrected chi connectivity index (χ1v) is 12.3. The third-order valence-electron chi connectivity index (χ3n) is 4.05. The van der Waals surface area contributed by atoms with Crippen LogP contribution in [0.5, 0.6) is 0 Å². The molecule has 6 nitrogen and oxygen atoms in total. The summed E-state index contributed by atoms with van der Waals surface area (Å²) in [6, 6.07) is 14.1. The van der Waals surface area contributed by atoms with Crippen LogP contribution < -0.4 is 10.0 Å². The topological polar surface area (TPSA) is 88.2 Å². The molecule has 0 fully saturated rings. The van der Waals surface area contributed by atoms with Gasteiger partial charge in [-0.3, -0.25) is 14.8 Å². The van der Waals surface area contributed by atoms with Gasteiger partial charge in [0.15, 0.2) is 5.13 Å². The van der Waals surface area contributed by atoms with E-state index < -0.39 is 21.7 Å². The van der Waals surface area contributed by atoms with Crippen molar-refractivity contribution < 1.29 is 17.6 Å². The summed E-state index contributed by atoms with van der Waals surface area (Å²) in [4.78, 5) is 17.8. The zero-order chi connectivity index (χ0) is 22.0. The van der Waals surface area contributed by atoms with Gasteiger partial charge in [0.1, 0.15) is 5.82 Å². The highest BCUT2D eigenvalue weighted by Gasteiger charge is 2.16. The fourth-order valence-corrected chi connectivity index (χ4v) is 5.45. The van der Waals surface area contributed by atoms with Crippen molar-refractivity contribution in [2.75, 3.05) is 10.0 Å². The molecule has 2 aromatic heterocycles. The van der Waals surface area contributed by atoms with Crippen molar-refractivity contribution in [3.8, 4) is 10.6 Å². The van der Waals surface area contributed by atoms with E-state index in [0.29, 0.717) is 15.2 Å². The number of benzene rings is 2. The van der Waals surface area contributed by atoms with Crippen molar-refractivity contribution in [2.45, 2.75) is 4.90 Å². The Morgan fingerprint density at radius 3 is 2.55 bits per heavy atom. The SMILES string of the molecule is O=C(Nc1nc(-c2ccc(Cl)s2)cs1)c1cccc(NS(=O)(=O)c2ccc(F)cc2)c1. The van der Waals surface area contributed by atoms with Crippen molar-refractivity contribution in [3.63, 3.8) is 0 Å². The molecule has 2 heterocycles. The summed E-state index contributed by atoms with van der Waals surface area (Å²) in [7, 11) is -3.93. The highest BCUT2D eigenvalue weighted by atomic mass is 35.5. The molecule has 0 aliphatic rings. The largest absolute Gasteiger partial charge is 0.298 e. The maximum absolute atomic E-state index is 13.1. The highest BCUT2D eigenvalue weighted by Crippen LogP contribution is 2.33. The molecule has 2 N–H and O–H groups in total. The average Bonchev–Trinajstić information content (AvgIpc) is 3.37. The fraction of sp³-hybridized carbons (Fsp3) is 0. The first kappa shape index (κ1) is 21.4. The molecule has 0 aliphatic heterocycles. The summed E-state index contributed by atoms with van der Waals surface area (Å²) in [6.07, 6.45) is 0. The first-order valence-electron chi connectivity index (χ1n) is 8.71. The smallest absolute Gasteiger partial charge is 0.261 e. The summed E-state index contributed by atoms with van der Waals surface area (Å²) in [5.41, 5.74) is 1.15. The number of nitrogens with one attached hydrogen (secondary N) is 2. The lowest BCUT2D eigenvalue weighted by molar-refractivity contribution is 0.102. The Balaban J connectivity index is 1.48. The minimum Gasteiger partial charge on any atom is -0.298 e. The van der Waals surface area contributed by atoms with Gasteiger partial charge in [-0.1, -0.05) is 17.7 Å². The van der Waals surface area contributed by atoms with Crippen molar-refractivity contribution in [2.24, 2.45) is 0 Å². The van der Waals surface area contributed by atoms with E-state index in [0.717, 1.165) is 29.1 Å². The molecular weight excluding hydrogens is 481 g/mol. The second-order valence-electron chi connectivity index (χ2n) is 6.24. The maximum atomic E-state index is 13.1. The van der Waals surface area contributed by atoms with Gasteiger partial charge in [0.05, 0.1) is 19.8 Å². The Hall–Kier alpha value is -2.79. The number of anilines is 2. The van der Waals surface area contributed by atoms with E-state index in [-0.39, 0.29) is 16.1 Å². The molecule has 31 heavy (non-hydrogen) atoms. The molecule has 0 aliphatic carbocycles. The highest BCUT2D eigenvalue weighted by molar-refractivity contribution is 7.92. The standard InChI is InChI=1S/C20H13ClFN3O3S3/c21-18-9-8-17(30-18)16-11-29-20(23-16)24-19(26)12-2-1-3-14(10-12)25-31(27,28)15-6-4-13(22)5-7-15/h1-11,25H,(H,23,24,26). The second-order valence-corrected chi connectivity index (χ2v) is 10.5. The number of halogens is 2. The Labute approximate surface area is 190 Å². The van der Waals surface area contributed by atoms with Crippen LogP contribution in [0.3, 0.4) is 0 Å². The van der Waals surface area contributed by atoms with Crippen LogP contribution in [0.4, 0.5) is 15.2 Å². The van der Waals surface area contributed by atoms with Crippen molar-refractivity contribution in [1.29, 1.82) is 0 Å². The molecule has 2 aromatic carbocycles. The van der Waals surface area contributed by atoms with Gasteiger partial charge in [0.25, 0.3) is 15.9 Å². The Morgan fingerprint density at radius 1 is 1.06 bits per heavy atom. The van der Waals surface area contributed by atoms with Gasteiger partial charge >= 0.3 is 0 Å². The molecule has 0 unspecified atom stereocenters. The summed E-state index contributed by atoms with van der Waals surface area (Å²) in [5.74, 6) is -0.974. The normalized spacial score (nSPS) is 11.3. The molecule has 0 atom stereocenters. The van der Waals surface area contributed by atoms with Crippen LogP contribution in [0.25, 0.3) is 10.6 Å². The predicted octanol–water partition coefficient (Wildman–Crippen LogP) is 5.72. The minimum absolute atomic E-state index is 0.0900. The van der Waals surface area contributed by atoms with E-state index in [1.165, 1.54) is 34.8 Å². The van der Waals surface area contributed by atoms with E-state index in [2.05, 4.69) is 15.0 Å². The maximum Gasteiger partial charge on any atom is 0.261 e. The van der Waals surface area contributed by atoms with Gasteiger partial charge < -0.3 is 0 Å². The molecule has 0 spiro atoms. The van der Waals surface area contributed by atoms with Gasteiger partial charge in [-0.15, -0.1) is 22.7 Å². The molecule has 4 aromatic rings. The van der Waals surface area contributed by atoms with Crippen molar-refractivity contribution in [1.82, 2.24) is 4.98 Å². The number of aromatic nitrogens is 1. The summed E-state index contributed by atoms with van der Waals surface area (Å²) in [6.45, 7) is 0. The van der Waals surface area contributed by atoms with Crippen molar-refractivity contribution in [3.05, 3.63) is 81.8 Å². The summed E-state index contributed by atoms with van der Waals surface area (Å²) >= 11 is 8.60. The van der Waals surface area contributed by atoms with Gasteiger partial charge in [-0.2, -0.15) is 0 Å². The monoisotopic (exact) mass is 493 g/mol. The lowest BCUT2D eigenvalue weighted by atomic mass is 10.2. The number of thiophene rings is 1. The lowest BCUT2D eigenvalue weighted by Crippen LogP contribution is -2.15. The molecule has 158 valence electrons. The van der Waals surface area contributed by atoms with Gasteiger partial charge in [-0.05, 0) is 54.6 Å². The molecular formula is C20H13ClFN3O3S3. The summed E-state index contributed by atoms with van der Waals surface area (Å²) < 4.78 is 41.0. The predicted molar refractivity (Wildman–Crippen MR) is 122 cm³/mol. The van der Waals surface area contributed by atoms with Crippen LogP contribution in [-0.2, 0) is 10.0 Å². The zero-order valence-electron chi connectivity index (χ0n) is 15.5. The van der Waals surface area contributed by atoms with E-state index in [1.54, 1.807) is 18.2 Å². The molecule has 0 radical (unpaired) electrons. The van der Waals surface area contributed by atoms with E-state index in [1.807, 2.05) is 11.4 Å². The Kier molecular flexibility index (Phi) is 6.05. The quantitative estimate of drug-likeness (QED) is 0.359. The molecule has 1 amide bonds. The third-order valence-corrected chi connectivity index (χ3v) is 7.46. The summed E-state index contributed by atoms with van der Waals surface area (Å²) in [5, 5.41) is 4.92. The first-order chi connectivity index (χ1) is 14.8. The van der Waals surface area contributed by atoms with E-state index >= 15 is 0 Å². The second kappa shape index (κ2) is 8.75. The van der Waals surface area contributed by atoms with Crippen LogP contribution >= 0.6 is 34.3 Å². The Morgan fingerprint density at radius 2 is 1.84 bits per heavy atom. The van der Waals surface area contributed by atoms with Crippen LogP contribution in [0.2, 0.25) is 4.34 Å². The molecule has 4 rings (SSSR count). The van der Waals surface area contributed by atoms with Crippen LogP contribution in [0.1, 0.15) is 10.4 Å². The van der Waals surface area contributed by atoms with Gasteiger partial charge in [-0.25, -0.2) is 17.8 Å². The number of sulfonamides is 1. The number of carbonyl (C=O) groups is 1. The number of carbonyl (C=O) groups excluding carboxylic acids is 1. The average molecular weight is 494 g/mol. The molecule has 0 bridgehead atoms. The fourth-order valence-electron chi connectivity index (χ4n) is 2.62. The van der Waals surface area contributed by atoms with E-state index in [9.17, 15) is 17.6 Å². The molecule has 0 saturated heterocycles. The number of thiazole rings is 1. The number of hydrogen-bond acceptors (Lipinski definition) is 6. The van der Waals surface area contributed by atoms with E-state index in [4.69, 9.17) is 11.6 Å². The number of amides is 1.